The van der Waals surface area contributed by atoms with Crippen molar-refractivity contribution in [1.29, 1.82) is 0 Å². The van der Waals surface area contributed by atoms with Crippen LogP contribution in [-0.2, 0) is 6.61 Å². The van der Waals surface area contributed by atoms with Gasteiger partial charge in [0.1, 0.15) is 12.4 Å². The number of hydrogen-bond acceptors (Lipinski definition) is 3. The number of rotatable bonds is 6. The van der Waals surface area contributed by atoms with Crippen molar-refractivity contribution >= 4 is 17.9 Å². The van der Waals surface area contributed by atoms with Crippen LogP contribution in [0, 0.1) is 13.8 Å². The number of urea groups is 1. The Morgan fingerprint density at radius 2 is 1.68 bits per heavy atom. The number of carbonyl (C=O) groups is 1. The van der Waals surface area contributed by atoms with Gasteiger partial charge in [0.15, 0.2) is 0 Å². The van der Waals surface area contributed by atoms with Crippen LogP contribution < -0.4 is 15.5 Å². The second kappa shape index (κ2) is 9.37. The van der Waals surface area contributed by atoms with Gasteiger partial charge in [0.2, 0.25) is 0 Å². The van der Waals surface area contributed by atoms with E-state index in [1.807, 2.05) is 55.5 Å². The fourth-order valence-electron chi connectivity index (χ4n) is 2.53. The number of amides is 2. The highest BCUT2D eigenvalue weighted by atomic mass is 16.5. The van der Waals surface area contributed by atoms with E-state index in [2.05, 4.69) is 47.0 Å². The largest absolute Gasteiger partial charge is 0.489 e. The van der Waals surface area contributed by atoms with E-state index in [0.29, 0.717) is 6.61 Å². The molecule has 0 unspecified atom stereocenters. The van der Waals surface area contributed by atoms with Gasteiger partial charge in [0, 0.05) is 5.69 Å². The molecule has 0 atom stereocenters. The zero-order chi connectivity index (χ0) is 19.8. The lowest BCUT2D eigenvalue weighted by Gasteiger charge is -2.07. The summed E-state index contributed by atoms with van der Waals surface area (Å²) >= 11 is 0. The molecule has 5 nitrogen and oxygen atoms in total. The maximum atomic E-state index is 11.9. The molecule has 3 aromatic rings. The minimum atomic E-state index is -0.386. The topological polar surface area (TPSA) is 62.7 Å². The Bertz CT molecular complexity index is 948. The third-order valence-electron chi connectivity index (χ3n) is 4.18. The normalized spacial score (nSPS) is 10.6. The van der Waals surface area contributed by atoms with Crippen LogP contribution in [0.5, 0.6) is 5.75 Å². The molecule has 0 saturated heterocycles. The van der Waals surface area contributed by atoms with E-state index in [9.17, 15) is 4.79 Å². The Hall–Kier alpha value is -3.60. The quantitative estimate of drug-likeness (QED) is 0.470. The van der Waals surface area contributed by atoms with E-state index in [1.54, 1.807) is 6.21 Å². The average molecular weight is 373 g/mol. The van der Waals surface area contributed by atoms with Crippen molar-refractivity contribution in [3.63, 3.8) is 0 Å². The summed E-state index contributed by atoms with van der Waals surface area (Å²) in [7, 11) is 0. The number of hydrogen-bond donors (Lipinski definition) is 2. The third-order valence-corrected chi connectivity index (χ3v) is 4.18. The van der Waals surface area contributed by atoms with Crippen molar-refractivity contribution in [3.8, 4) is 5.75 Å². The predicted molar refractivity (Wildman–Crippen MR) is 113 cm³/mol. The van der Waals surface area contributed by atoms with Crippen LogP contribution in [0.3, 0.4) is 0 Å². The molecule has 0 spiro atoms. The smallest absolute Gasteiger partial charge is 0.339 e. The first-order chi connectivity index (χ1) is 13.6. The number of nitrogens with zero attached hydrogens (tertiary/aromatic N) is 1. The van der Waals surface area contributed by atoms with Crippen molar-refractivity contribution in [2.75, 3.05) is 5.32 Å². The van der Waals surface area contributed by atoms with Crippen LogP contribution >= 0.6 is 0 Å². The first kappa shape index (κ1) is 19.2. The van der Waals surface area contributed by atoms with Gasteiger partial charge in [0.25, 0.3) is 0 Å². The van der Waals surface area contributed by atoms with Crippen LogP contribution in [0.15, 0.2) is 77.9 Å². The van der Waals surface area contributed by atoms with Gasteiger partial charge in [-0.3, -0.25) is 0 Å². The minimum absolute atomic E-state index is 0.386. The van der Waals surface area contributed by atoms with Crippen LogP contribution in [0.4, 0.5) is 10.5 Å². The van der Waals surface area contributed by atoms with E-state index in [1.165, 1.54) is 5.56 Å². The molecular weight excluding hydrogens is 350 g/mol. The number of nitrogens with one attached hydrogen (secondary N) is 2. The summed E-state index contributed by atoms with van der Waals surface area (Å²) in [5.41, 5.74) is 7.42. The van der Waals surface area contributed by atoms with Gasteiger partial charge in [-0.15, -0.1) is 0 Å². The van der Waals surface area contributed by atoms with E-state index < -0.39 is 0 Å². The number of hydrazone groups is 1. The second-order valence-corrected chi connectivity index (χ2v) is 6.48. The van der Waals surface area contributed by atoms with Crippen LogP contribution in [0.2, 0.25) is 0 Å². The molecule has 2 amide bonds. The summed E-state index contributed by atoms with van der Waals surface area (Å²) < 4.78 is 5.78. The highest BCUT2D eigenvalue weighted by Gasteiger charge is 2.02. The summed E-state index contributed by atoms with van der Waals surface area (Å²) in [6.45, 7) is 4.52. The number of carbonyl (C=O) groups excluding carboxylic acids is 1. The van der Waals surface area contributed by atoms with Gasteiger partial charge in [-0.05, 0) is 60.9 Å². The Morgan fingerprint density at radius 3 is 2.39 bits per heavy atom. The van der Waals surface area contributed by atoms with Crippen molar-refractivity contribution in [3.05, 3.63) is 95.1 Å². The number of anilines is 1. The van der Waals surface area contributed by atoms with Gasteiger partial charge in [-0.25, -0.2) is 10.2 Å². The molecule has 3 aromatic carbocycles. The zero-order valence-electron chi connectivity index (χ0n) is 16.0. The SMILES string of the molecule is Cc1ccc(COc2ccc(C=NNC(=O)Nc3ccccc3C)cc2)cc1. The molecule has 0 bridgehead atoms. The lowest BCUT2D eigenvalue weighted by molar-refractivity contribution is 0.252. The minimum Gasteiger partial charge on any atom is -0.489 e. The molecule has 0 aliphatic rings. The summed E-state index contributed by atoms with van der Waals surface area (Å²) in [6, 6.07) is 23.0. The molecule has 28 heavy (non-hydrogen) atoms. The monoisotopic (exact) mass is 373 g/mol. The molecule has 142 valence electrons. The Labute approximate surface area is 165 Å². The molecule has 0 fully saturated rings. The molecule has 0 aliphatic heterocycles. The average Bonchev–Trinajstić information content (AvgIpc) is 2.70. The molecule has 0 radical (unpaired) electrons. The Balaban J connectivity index is 1.47. The lowest BCUT2D eigenvalue weighted by Crippen LogP contribution is -2.24. The summed E-state index contributed by atoms with van der Waals surface area (Å²) in [5.74, 6) is 0.781. The summed E-state index contributed by atoms with van der Waals surface area (Å²) in [6.07, 6.45) is 1.58. The Morgan fingerprint density at radius 1 is 0.964 bits per heavy atom. The molecule has 0 aliphatic carbocycles. The number of para-hydroxylation sites is 1. The molecule has 3 rings (SSSR count). The van der Waals surface area contributed by atoms with Crippen LogP contribution in [0.25, 0.3) is 0 Å². The van der Waals surface area contributed by atoms with Crippen molar-refractivity contribution < 1.29 is 9.53 Å². The molecule has 0 aromatic heterocycles. The Kier molecular flexibility index (Phi) is 6.41. The number of aryl methyl sites for hydroxylation is 2. The van der Waals surface area contributed by atoms with Gasteiger partial charge >= 0.3 is 6.03 Å². The van der Waals surface area contributed by atoms with Crippen LogP contribution in [-0.4, -0.2) is 12.2 Å². The van der Waals surface area contributed by atoms with Gasteiger partial charge < -0.3 is 10.1 Å². The molecule has 2 N–H and O–H groups in total. The first-order valence-electron chi connectivity index (χ1n) is 9.04. The number of ether oxygens (including phenoxy) is 1. The lowest BCUT2D eigenvalue weighted by atomic mass is 10.2. The van der Waals surface area contributed by atoms with E-state index >= 15 is 0 Å². The van der Waals surface area contributed by atoms with E-state index in [-0.39, 0.29) is 6.03 Å². The van der Waals surface area contributed by atoms with Gasteiger partial charge in [0.05, 0.1) is 6.21 Å². The van der Waals surface area contributed by atoms with Crippen molar-refractivity contribution in [2.24, 2.45) is 5.10 Å². The standard InChI is InChI=1S/C23H23N3O2/c1-17-7-9-20(10-8-17)16-28-21-13-11-19(12-14-21)15-24-26-23(27)25-22-6-4-3-5-18(22)2/h3-15H,16H2,1-2H3,(H2,25,26,27). The zero-order valence-corrected chi connectivity index (χ0v) is 16.0. The maximum absolute atomic E-state index is 11.9. The summed E-state index contributed by atoms with van der Waals surface area (Å²) in [4.78, 5) is 11.9. The van der Waals surface area contributed by atoms with Gasteiger partial charge in [-0.2, -0.15) is 5.10 Å². The van der Waals surface area contributed by atoms with Crippen molar-refractivity contribution in [2.45, 2.75) is 20.5 Å². The fourth-order valence-corrected chi connectivity index (χ4v) is 2.53. The predicted octanol–water partition coefficient (Wildman–Crippen LogP) is 5.04. The maximum Gasteiger partial charge on any atom is 0.339 e. The van der Waals surface area contributed by atoms with Crippen molar-refractivity contribution in [1.82, 2.24) is 5.43 Å². The molecular formula is C23H23N3O2. The molecule has 5 heteroatoms. The highest BCUT2D eigenvalue weighted by Crippen LogP contribution is 2.14. The summed E-state index contributed by atoms with van der Waals surface area (Å²) in [5, 5.41) is 6.73. The van der Waals surface area contributed by atoms with E-state index in [4.69, 9.17) is 4.74 Å². The van der Waals surface area contributed by atoms with E-state index in [0.717, 1.165) is 28.1 Å². The number of benzene rings is 3. The van der Waals surface area contributed by atoms with Gasteiger partial charge in [-0.1, -0.05) is 48.0 Å². The molecule has 0 saturated carbocycles. The molecule has 0 heterocycles. The first-order valence-corrected chi connectivity index (χ1v) is 9.04. The second-order valence-electron chi connectivity index (χ2n) is 6.48. The van der Waals surface area contributed by atoms with Crippen LogP contribution in [0.1, 0.15) is 22.3 Å². The third kappa shape index (κ3) is 5.71. The fraction of sp³-hybridized carbons (Fsp3) is 0.130. The highest BCUT2D eigenvalue weighted by molar-refractivity contribution is 5.91.